The predicted octanol–water partition coefficient (Wildman–Crippen LogP) is 2.24. The number of benzene rings is 1. The Bertz CT molecular complexity index is 326. The lowest BCUT2D eigenvalue weighted by molar-refractivity contribution is -0.121. The van der Waals surface area contributed by atoms with Gasteiger partial charge in [-0.25, -0.2) is 0 Å². The van der Waals surface area contributed by atoms with Crippen LogP contribution in [0.2, 0.25) is 0 Å². The maximum Gasteiger partial charge on any atom is 0.220 e. The van der Waals surface area contributed by atoms with E-state index < -0.39 is 0 Å². The summed E-state index contributed by atoms with van der Waals surface area (Å²) in [6.45, 7) is 2.02. The van der Waals surface area contributed by atoms with Crippen molar-refractivity contribution in [1.29, 1.82) is 0 Å². The molecule has 3 heteroatoms. The fraction of sp³-hybridized carbons (Fsp3) is 0.462. The average molecular weight is 220 g/mol. The average Bonchev–Trinajstić information content (AvgIpc) is 2.70. The number of aryl methyl sites for hydroxylation is 1. The summed E-state index contributed by atoms with van der Waals surface area (Å²) in [6, 6.07) is 7.80. The number of nitrogens with two attached hydrogens (primary N) is 2. The number of amides is 1. The van der Waals surface area contributed by atoms with Crippen LogP contribution >= 0.6 is 0 Å². The van der Waals surface area contributed by atoms with E-state index in [9.17, 15) is 4.79 Å². The molecule has 1 amide bonds. The summed E-state index contributed by atoms with van der Waals surface area (Å²) in [5.74, 6) is 0.0949. The summed E-state index contributed by atoms with van der Waals surface area (Å²) in [5.41, 5.74) is 12.6. The van der Waals surface area contributed by atoms with Gasteiger partial charge in [-0.2, -0.15) is 0 Å². The zero-order chi connectivity index (χ0) is 12.0. The lowest BCUT2D eigenvalue weighted by atomic mass is 10.1. The molecule has 0 radical (unpaired) electrons. The number of rotatable bonds is 1. The molecule has 0 heterocycles. The molecule has 1 saturated carbocycles. The van der Waals surface area contributed by atoms with Crippen molar-refractivity contribution in [2.24, 2.45) is 11.7 Å². The maximum atomic E-state index is 10.4. The Morgan fingerprint density at radius 2 is 1.94 bits per heavy atom. The van der Waals surface area contributed by atoms with Gasteiger partial charge in [0.15, 0.2) is 0 Å². The van der Waals surface area contributed by atoms with Crippen LogP contribution in [0.4, 0.5) is 5.69 Å². The minimum Gasteiger partial charge on any atom is -0.399 e. The van der Waals surface area contributed by atoms with Gasteiger partial charge in [0, 0.05) is 11.6 Å². The Morgan fingerprint density at radius 1 is 1.31 bits per heavy atom. The first-order chi connectivity index (χ1) is 7.59. The highest BCUT2D eigenvalue weighted by molar-refractivity contribution is 5.76. The zero-order valence-electron chi connectivity index (χ0n) is 9.78. The van der Waals surface area contributed by atoms with E-state index >= 15 is 0 Å². The number of hydrogen-bond acceptors (Lipinski definition) is 2. The minimum atomic E-state index is -0.109. The second-order valence-electron chi connectivity index (χ2n) is 4.30. The van der Waals surface area contributed by atoms with Gasteiger partial charge in [0.25, 0.3) is 0 Å². The van der Waals surface area contributed by atoms with Gasteiger partial charge in [-0.1, -0.05) is 25.0 Å². The summed E-state index contributed by atoms with van der Waals surface area (Å²) in [7, 11) is 0. The molecule has 1 aliphatic carbocycles. The molecule has 1 aromatic carbocycles. The van der Waals surface area contributed by atoms with Gasteiger partial charge in [0.05, 0.1) is 0 Å². The van der Waals surface area contributed by atoms with Gasteiger partial charge in [-0.05, 0) is 37.5 Å². The van der Waals surface area contributed by atoms with Crippen LogP contribution < -0.4 is 11.5 Å². The molecule has 0 aliphatic heterocycles. The third kappa shape index (κ3) is 4.34. The second kappa shape index (κ2) is 6.16. The number of anilines is 1. The van der Waals surface area contributed by atoms with Crippen molar-refractivity contribution in [3.63, 3.8) is 0 Å². The molecule has 2 rings (SSSR count). The van der Waals surface area contributed by atoms with Crippen LogP contribution in [0.3, 0.4) is 0 Å². The first-order valence-electron chi connectivity index (χ1n) is 5.71. The highest BCUT2D eigenvalue weighted by atomic mass is 16.1. The van der Waals surface area contributed by atoms with E-state index in [-0.39, 0.29) is 11.8 Å². The van der Waals surface area contributed by atoms with Gasteiger partial charge in [0.1, 0.15) is 0 Å². The highest BCUT2D eigenvalue weighted by Crippen LogP contribution is 2.23. The van der Waals surface area contributed by atoms with Gasteiger partial charge in [-0.3, -0.25) is 4.79 Å². The highest BCUT2D eigenvalue weighted by Gasteiger charge is 2.19. The topological polar surface area (TPSA) is 69.1 Å². The molecule has 0 bridgehead atoms. The Hall–Kier alpha value is -1.51. The monoisotopic (exact) mass is 220 g/mol. The van der Waals surface area contributed by atoms with Crippen LogP contribution in [0.15, 0.2) is 24.3 Å². The summed E-state index contributed by atoms with van der Waals surface area (Å²) >= 11 is 0. The lowest BCUT2D eigenvalue weighted by Gasteiger charge is -1.98. The molecule has 0 aromatic heterocycles. The first-order valence-corrected chi connectivity index (χ1v) is 5.71. The number of nitrogen functional groups attached to an aromatic ring is 1. The van der Waals surface area contributed by atoms with Gasteiger partial charge < -0.3 is 11.5 Å². The van der Waals surface area contributed by atoms with Gasteiger partial charge in [0.2, 0.25) is 5.91 Å². The fourth-order valence-electron chi connectivity index (χ4n) is 1.88. The molecule has 0 saturated heterocycles. The quantitative estimate of drug-likeness (QED) is 0.713. The standard InChI is InChI=1S/C7H9N.C6H11NO/c1-6-3-2-4-7(8)5-6;7-6(8)5-3-1-2-4-5/h2-5H,8H2,1H3;5H,1-4H2,(H2,7,8). The largest absolute Gasteiger partial charge is 0.399 e. The molecular weight excluding hydrogens is 200 g/mol. The third-order valence-corrected chi connectivity index (χ3v) is 2.80. The summed E-state index contributed by atoms with van der Waals surface area (Å²) in [5, 5.41) is 0. The smallest absolute Gasteiger partial charge is 0.220 e. The van der Waals surface area contributed by atoms with E-state index in [1.165, 1.54) is 18.4 Å². The predicted molar refractivity (Wildman–Crippen MR) is 66.7 cm³/mol. The number of hydrogen-bond donors (Lipinski definition) is 2. The molecule has 88 valence electrons. The molecule has 1 aliphatic rings. The summed E-state index contributed by atoms with van der Waals surface area (Å²) < 4.78 is 0. The summed E-state index contributed by atoms with van der Waals surface area (Å²) in [6.07, 6.45) is 4.42. The van der Waals surface area contributed by atoms with Crippen molar-refractivity contribution < 1.29 is 4.79 Å². The van der Waals surface area contributed by atoms with Crippen molar-refractivity contribution in [2.75, 3.05) is 5.73 Å². The lowest BCUT2D eigenvalue weighted by Crippen LogP contribution is -2.19. The van der Waals surface area contributed by atoms with Crippen molar-refractivity contribution in [2.45, 2.75) is 32.6 Å². The zero-order valence-corrected chi connectivity index (χ0v) is 9.78. The Balaban J connectivity index is 0.000000160. The van der Waals surface area contributed by atoms with Crippen molar-refractivity contribution in [1.82, 2.24) is 0 Å². The molecule has 0 atom stereocenters. The Kier molecular flexibility index (Phi) is 4.83. The van der Waals surface area contributed by atoms with Crippen LogP contribution in [-0.2, 0) is 4.79 Å². The second-order valence-corrected chi connectivity index (χ2v) is 4.30. The molecule has 4 N–H and O–H groups in total. The van der Waals surface area contributed by atoms with E-state index in [2.05, 4.69) is 0 Å². The van der Waals surface area contributed by atoms with Crippen molar-refractivity contribution in [3.8, 4) is 0 Å². The molecule has 0 unspecified atom stereocenters. The number of carbonyl (C=O) groups is 1. The van der Waals surface area contributed by atoms with Crippen LogP contribution in [0.5, 0.6) is 0 Å². The molecule has 1 fully saturated rings. The Labute approximate surface area is 96.8 Å². The number of carbonyl (C=O) groups excluding carboxylic acids is 1. The van der Waals surface area contributed by atoms with Crippen molar-refractivity contribution >= 4 is 11.6 Å². The number of primary amides is 1. The van der Waals surface area contributed by atoms with E-state index in [1.54, 1.807) is 0 Å². The van der Waals surface area contributed by atoms with Crippen molar-refractivity contribution in [3.05, 3.63) is 29.8 Å². The van der Waals surface area contributed by atoms with Crippen LogP contribution in [0.1, 0.15) is 31.2 Å². The minimum absolute atomic E-state index is 0.109. The van der Waals surface area contributed by atoms with Crippen LogP contribution in [0, 0.1) is 12.8 Å². The molecule has 0 spiro atoms. The molecule has 1 aromatic rings. The van der Waals surface area contributed by atoms with Crippen LogP contribution in [-0.4, -0.2) is 5.91 Å². The molecule has 16 heavy (non-hydrogen) atoms. The maximum absolute atomic E-state index is 10.4. The molecular formula is C13H20N2O. The SMILES string of the molecule is Cc1cccc(N)c1.NC(=O)C1CCCC1. The third-order valence-electron chi connectivity index (χ3n) is 2.80. The van der Waals surface area contributed by atoms with E-state index in [0.29, 0.717) is 0 Å². The molecule has 3 nitrogen and oxygen atoms in total. The Morgan fingerprint density at radius 3 is 2.25 bits per heavy atom. The fourth-order valence-corrected chi connectivity index (χ4v) is 1.88. The normalized spacial score (nSPS) is 15.3. The van der Waals surface area contributed by atoms with E-state index in [4.69, 9.17) is 11.5 Å². The first kappa shape index (κ1) is 12.6. The van der Waals surface area contributed by atoms with E-state index in [0.717, 1.165) is 18.5 Å². The van der Waals surface area contributed by atoms with Gasteiger partial charge >= 0.3 is 0 Å². The van der Waals surface area contributed by atoms with Gasteiger partial charge in [-0.15, -0.1) is 0 Å². The van der Waals surface area contributed by atoms with Crippen LogP contribution in [0.25, 0.3) is 0 Å². The van der Waals surface area contributed by atoms with E-state index in [1.807, 2.05) is 31.2 Å². The summed E-state index contributed by atoms with van der Waals surface area (Å²) in [4.78, 5) is 10.4.